The van der Waals surface area contributed by atoms with Crippen molar-refractivity contribution in [3.05, 3.63) is 22.8 Å². The molecule has 1 aromatic heterocycles. The van der Waals surface area contributed by atoms with Crippen LogP contribution >= 0.6 is 15.9 Å². The molecular weight excluding hydrogens is 362 g/mol. The zero-order chi connectivity index (χ0) is 16.7. The number of ether oxygens (including phenoxy) is 1. The summed E-state index contributed by atoms with van der Waals surface area (Å²) in [4.78, 5) is 28.7. The molecule has 0 atom stereocenters. The van der Waals surface area contributed by atoms with Gasteiger partial charge in [0.15, 0.2) is 6.61 Å². The van der Waals surface area contributed by atoms with E-state index in [0.717, 1.165) is 49.1 Å². The van der Waals surface area contributed by atoms with Crippen molar-refractivity contribution in [2.24, 2.45) is 11.7 Å². The second-order valence-electron chi connectivity index (χ2n) is 5.76. The number of aromatic nitrogens is 1. The number of carbonyl (C=O) groups is 2. The molecule has 0 aliphatic carbocycles. The molecule has 23 heavy (non-hydrogen) atoms. The minimum atomic E-state index is -0.619. The molecule has 0 unspecified atom stereocenters. The van der Waals surface area contributed by atoms with Gasteiger partial charge in [0.1, 0.15) is 5.82 Å². The molecule has 0 saturated carbocycles. The Bertz CT molecular complexity index is 545. The van der Waals surface area contributed by atoms with Crippen LogP contribution in [-0.2, 0) is 14.3 Å². The number of anilines is 1. The first-order valence-corrected chi connectivity index (χ1v) is 8.65. The van der Waals surface area contributed by atoms with Crippen molar-refractivity contribution >= 4 is 33.6 Å². The molecule has 2 heterocycles. The zero-order valence-electron chi connectivity index (χ0n) is 13.0. The molecule has 6 nitrogen and oxygen atoms in total. The number of nitrogens with zero attached hydrogens (tertiary/aromatic N) is 2. The lowest BCUT2D eigenvalue weighted by Crippen LogP contribution is -2.34. The van der Waals surface area contributed by atoms with Crippen molar-refractivity contribution in [1.82, 2.24) is 4.98 Å². The van der Waals surface area contributed by atoms with Gasteiger partial charge in [-0.25, -0.2) is 4.98 Å². The van der Waals surface area contributed by atoms with Gasteiger partial charge in [-0.1, -0.05) is 0 Å². The van der Waals surface area contributed by atoms with Crippen molar-refractivity contribution in [1.29, 1.82) is 0 Å². The maximum Gasteiger partial charge on any atom is 0.306 e. The Morgan fingerprint density at radius 3 is 2.78 bits per heavy atom. The molecule has 0 spiro atoms. The van der Waals surface area contributed by atoms with Crippen LogP contribution < -0.4 is 10.6 Å². The minimum Gasteiger partial charge on any atom is -0.456 e. The van der Waals surface area contributed by atoms with Crippen LogP contribution in [0.3, 0.4) is 0 Å². The highest BCUT2D eigenvalue weighted by atomic mass is 79.9. The lowest BCUT2D eigenvalue weighted by Gasteiger charge is -2.33. The van der Waals surface area contributed by atoms with E-state index in [1.807, 2.05) is 18.3 Å². The molecule has 1 amide bonds. The summed E-state index contributed by atoms with van der Waals surface area (Å²) in [5, 5.41) is 0. The van der Waals surface area contributed by atoms with Gasteiger partial charge in [0.2, 0.25) is 0 Å². The van der Waals surface area contributed by atoms with E-state index < -0.39 is 5.91 Å². The fraction of sp³-hybridized carbons (Fsp3) is 0.562. The van der Waals surface area contributed by atoms with E-state index in [1.54, 1.807) is 0 Å². The number of pyridine rings is 1. The highest BCUT2D eigenvalue weighted by molar-refractivity contribution is 9.10. The molecule has 126 valence electrons. The third-order valence-corrected chi connectivity index (χ3v) is 4.64. The van der Waals surface area contributed by atoms with Gasteiger partial charge in [-0.05, 0) is 59.7 Å². The van der Waals surface area contributed by atoms with Gasteiger partial charge in [-0.15, -0.1) is 0 Å². The molecule has 1 aliphatic rings. The lowest BCUT2D eigenvalue weighted by atomic mass is 9.91. The Kier molecular flexibility index (Phi) is 6.83. The summed E-state index contributed by atoms with van der Waals surface area (Å²) in [6, 6.07) is 3.92. The molecule has 0 aromatic carbocycles. The van der Waals surface area contributed by atoms with Gasteiger partial charge in [0, 0.05) is 25.7 Å². The summed E-state index contributed by atoms with van der Waals surface area (Å²) in [6.07, 6.45) is 6.14. The number of hydrogen-bond acceptors (Lipinski definition) is 5. The van der Waals surface area contributed by atoms with Crippen LogP contribution in [0.15, 0.2) is 22.8 Å². The van der Waals surface area contributed by atoms with Crippen LogP contribution in [0.25, 0.3) is 0 Å². The summed E-state index contributed by atoms with van der Waals surface area (Å²) in [5.41, 5.74) is 4.93. The van der Waals surface area contributed by atoms with Crippen molar-refractivity contribution in [3.8, 4) is 0 Å². The average molecular weight is 384 g/mol. The van der Waals surface area contributed by atoms with E-state index >= 15 is 0 Å². The summed E-state index contributed by atoms with van der Waals surface area (Å²) in [5.74, 6) is 0.656. The van der Waals surface area contributed by atoms with Gasteiger partial charge in [0.25, 0.3) is 5.91 Å². The second kappa shape index (κ2) is 8.86. The number of piperidine rings is 1. The number of primary amides is 1. The van der Waals surface area contributed by atoms with E-state index in [9.17, 15) is 9.59 Å². The summed E-state index contributed by atoms with van der Waals surface area (Å²) in [7, 11) is 0. The highest BCUT2D eigenvalue weighted by Crippen LogP contribution is 2.29. The third kappa shape index (κ3) is 5.82. The molecular formula is C16H22BrN3O3. The van der Waals surface area contributed by atoms with E-state index in [2.05, 4.69) is 25.8 Å². The predicted molar refractivity (Wildman–Crippen MR) is 90.9 cm³/mol. The number of nitrogens with two attached hydrogens (primary N) is 1. The topological polar surface area (TPSA) is 85.5 Å². The number of hydrogen-bond donors (Lipinski definition) is 1. The van der Waals surface area contributed by atoms with Crippen LogP contribution in [0.4, 0.5) is 5.82 Å². The predicted octanol–water partition coefficient (Wildman–Crippen LogP) is 2.26. The minimum absolute atomic E-state index is 0.323. The summed E-state index contributed by atoms with van der Waals surface area (Å²) in [6.45, 7) is 1.63. The first kappa shape index (κ1) is 17.7. The average Bonchev–Trinajstić information content (AvgIpc) is 2.54. The highest BCUT2D eigenvalue weighted by Gasteiger charge is 2.21. The molecule has 1 saturated heterocycles. The van der Waals surface area contributed by atoms with E-state index in [-0.39, 0.29) is 12.6 Å². The van der Waals surface area contributed by atoms with Gasteiger partial charge >= 0.3 is 5.97 Å². The van der Waals surface area contributed by atoms with Crippen LogP contribution in [0, 0.1) is 5.92 Å². The molecule has 1 aliphatic heterocycles. The Morgan fingerprint density at radius 2 is 2.13 bits per heavy atom. The smallest absolute Gasteiger partial charge is 0.306 e. The largest absolute Gasteiger partial charge is 0.456 e. The van der Waals surface area contributed by atoms with Gasteiger partial charge in [-0.2, -0.15) is 0 Å². The van der Waals surface area contributed by atoms with Crippen LogP contribution in [-0.4, -0.2) is 36.6 Å². The summed E-state index contributed by atoms with van der Waals surface area (Å²) >= 11 is 3.54. The molecule has 2 rings (SSSR count). The maximum atomic E-state index is 11.4. The maximum absolute atomic E-state index is 11.4. The Hall–Kier alpha value is -1.63. The molecule has 1 fully saturated rings. The number of rotatable bonds is 7. The summed E-state index contributed by atoms with van der Waals surface area (Å²) < 4.78 is 5.77. The van der Waals surface area contributed by atoms with Crippen molar-refractivity contribution in [3.63, 3.8) is 0 Å². The van der Waals surface area contributed by atoms with E-state index in [4.69, 9.17) is 10.5 Å². The number of amides is 1. The fourth-order valence-corrected chi connectivity index (χ4v) is 3.31. The van der Waals surface area contributed by atoms with Crippen molar-refractivity contribution < 1.29 is 14.3 Å². The molecule has 0 radical (unpaired) electrons. The van der Waals surface area contributed by atoms with Crippen LogP contribution in [0.2, 0.25) is 0 Å². The van der Waals surface area contributed by atoms with Gasteiger partial charge in [0.05, 0.1) is 4.47 Å². The molecule has 0 bridgehead atoms. The normalized spacial score (nSPS) is 15.4. The van der Waals surface area contributed by atoms with Gasteiger partial charge < -0.3 is 15.4 Å². The third-order valence-electron chi connectivity index (χ3n) is 4.02. The second-order valence-corrected chi connectivity index (χ2v) is 6.61. The van der Waals surface area contributed by atoms with Crippen LogP contribution in [0.5, 0.6) is 0 Å². The first-order chi connectivity index (χ1) is 11.1. The quantitative estimate of drug-likeness (QED) is 0.729. The Morgan fingerprint density at radius 1 is 1.39 bits per heavy atom. The zero-order valence-corrected chi connectivity index (χ0v) is 14.6. The van der Waals surface area contributed by atoms with Crippen molar-refractivity contribution in [2.75, 3.05) is 24.6 Å². The lowest BCUT2D eigenvalue weighted by molar-refractivity contribution is -0.147. The van der Waals surface area contributed by atoms with Gasteiger partial charge in [-0.3, -0.25) is 9.59 Å². The molecule has 1 aromatic rings. The molecule has 7 heteroatoms. The number of halogens is 1. The van der Waals surface area contributed by atoms with Crippen molar-refractivity contribution in [2.45, 2.75) is 32.1 Å². The first-order valence-electron chi connectivity index (χ1n) is 7.85. The van der Waals surface area contributed by atoms with E-state index in [1.165, 1.54) is 0 Å². The SMILES string of the molecule is NC(=O)COC(=O)CCCC1CCN(c2ncccc2Br)CC1. The Labute approximate surface area is 144 Å². The fourth-order valence-electron chi connectivity index (χ4n) is 2.80. The van der Waals surface area contributed by atoms with E-state index in [0.29, 0.717) is 12.3 Å². The molecule has 2 N–H and O–H groups in total. The Balaban J connectivity index is 1.66. The number of carbonyl (C=O) groups excluding carboxylic acids is 2. The van der Waals surface area contributed by atoms with Crippen LogP contribution in [0.1, 0.15) is 32.1 Å². The standard InChI is InChI=1S/C16H22BrN3O3/c17-13-4-2-8-19-16(13)20-9-6-12(7-10-20)3-1-5-15(22)23-11-14(18)21/h2,4,8,12H,1,3,5-7,9-11H2,(H2,18,21). The monoisotopic (exact) mass is 383 g/mol. The number of esters is 1.